The second-order valence-electron chi connectivity index (χ2n) is 2.98. The highest BCUT2D eigenvalue weighted by Crippen LogP contribution is 2.30. The summed E-state index contributed by atoms with van der Waals surface area (Å²) in [5.41, 5.74) is 5.67. The van der Waals surface area contributed by atoms with E-state index >= 15 is 0 Å². The molecule has 0 aliphatic heterocycles. The molecule has 0 radical (unpaired) electrons. The summed E-state index contributed by atoms with van der Waals surface area (Å²) >= 11 is 0. The van der Waals surface area contributed by atoms with Gasteiger partial charge in [-0.1, -0.05) is 0 Å². The quantitative estimate of drug-likeness (QED) is 0.671. The van der Waals surface area contributed by atoms with Gasteiger partial charge in [0.2, 0.25) is 0 Å². The Morgan fingerprint density at radius 3 is 2.53 bits per heavy atom. The number of hydrogen-bond donors (Lipinski definition) is 3. The summed E-state index contributed by atoms with van der Waals surface area (Å²) in [6.07, 6.45) is 1.28. The number of H-pyrrole nitrogens is 1. The number of rotatable bonds is 1. The number of aromatic amines is 1. The molecule has 4 nitrogen and oxygen atoms in total. The number of halogens is 2. The number of aromatic hydroxyl groups is 1. The Morgan fingerprint density at radius 1 is 1.20 bits per heavy atom. The lowest BCUT2D eigenvalue weighted by atomic mass is 10.1. The lowest BCUT2D eigenvalue weighted by molar-refractivity contribution is 0.427. The van der Waals surface area contributed by atoms with Crippen molar-refractivity contribution in [2.24, 2.45) is 0 Å². The third-order valence-corrected chi connectivity index (χ3v) is 2.00. The monoisotopic (exact) mass is 211 g/mol. The number of phenols is 1. The Morgan fingerprint density at radius 2 is 1.93 bits per heavy atom. The van der Waals surface area contributed by atoms with Crippen LogP contribution in [0.15, 0.2) is 18.3 Å². The van der Waals surface area contributed by atoms with Gasteiger partial charge in [0.1, 0.15) is 11.6 Å². The molecule has 0 aliphatic rings. The topological polar surface area (TPSA) is 74.9 Å². The van der Waals surface area contributed by atoms with Crippen molar-refractivity contribution in [1.29, 1.82) is 0 Å². The maximum absolute atomic E-state index is 13.3. The van der Waals surface area contributed by atoms with Crippen molar-refractivity contribution in [3.05, 3.63) is 30.0 Å². The molecule has 0 fully saturated rings. The van der Waals surface area contributed by atoms with Crippen LogP contribution in [0.5, 0.6) is 5.75 Å². The van der Waals surface area contributed by atoms with E-state index < -0.39 is 17.4 Å². The van der Waals surface area contributed by atoms with Crippen LogP contribution < -0.4 is 5.73 Å². The Bertz CT molecular complexity index is 510. The first-order valence-corrected chi connectivity index (χ1v) is 4.07. The van der Waals surface area contributed by atoms with Crippen molar-refractivity contribution >= 4 is 5.82 Å². The summed E-state index contributed by atoms with van der Waals surface area (Å²) in [4.78, 5) is 0. The number of nitrogen functional groups attached to an aromatic ring is 1. The number of phenolic OH excluding ortho intramolecular Hbond substituents is 1. The van der Waals surface area contributed by atoms with E-state index in [0.717, 1.165) is 6.07 Å². The van der Waals surface area contributed by atoms with Crippen molar-refractivity contribution < 1.29 is 13.9 Å². The predicted octanol–water partition coefficient (Wildman–Crippen LogP) is 1.64. The van der Waals surface area contributed by atoms with E-state index in [0.29, 0.717) is 6.07 Å². The molecule has 1 aromatic heterocycles. The molecule has 0 amide bonds. The van der Waals surface area contributed by atoms with Crippen LogP contribution in [0.25, 0.3) is 11.1 Å². The van der Waals surface area contributed by atoms with E-state index in [1.165, 1.54) is 6.20 Å². The van der Waals surface area contributed by atoms with Gasteiger partial charge in [0.05, 0.1) is 6.20 Å². The summed E-state index contributed by atoms with van der Waals surface area (Å²) in [5, 5.41) is 14.9. The number of hydrogen-bond acceptors (Lipinski definition) is 3. The number of nitrogens with one attached hydrogen (secondary N) is 1. The molecule has 15 heavy (non-hydrogen) atoms. The lowest BCUT2D eigenvalue weighted by Gasteiger charge is -2.03. The highest BCUT2D eigenvalue weighted by atomic mass is 19.1. The first-order chi connectivity index (χ1) is 7.09. The largest absolute Gasteiger partial charge is 0.505 e. The zero-order chi connectivity index (χ0) is 11.0. The lowest BCUT2D eigenvalue weighted by Crippen LogP contribution is -1.91. The fourth-order valence-electron chi connectivity index (χ4n) is 1.25. The molecule has 0 atom stereocenters. The van der Waals surface area contributed by atoms with Gasteiger partial charge in [0.15, 0.2) is 11.6 Å². The normalized spacial score (nSPS) is 10.5. The third kappa shape index (κ3) is 1.50. The Labute approximate surface area is 83.4 Å². The molecule has 0 spiro atoms. The summed E-state index contributed by atoms with van der Waals surface area (Å²) in [7, 11) is 0. The molecule has 0 aliphatic carbocycles. The van der Waals surface area contributed by atoms with Crippen LogP contribution in [0.4, 0.5) is 14.6 Å². The molecule has 0 unspecified atom stereocenters. The highest BCUT2D eigenvalue weighted by molar-refractivity contribution is 5.73. The number of benzene rings is 1. The van der Waals surface area contributed by atoms with E-state index in [1.54, 1.807) is 0 Å². The minimum absolute atomic E-state index is 0.0449. The molecule has 2 aromatic rings. The molecule has 4 N–H and O–H groups in total. The fraction of sp³-hybridized carbons (Fsp3) is 0. The average molecular weight is 211 g/mol. The van der Waals surface area contributed by atoms with E-state index in [-0.39, 0.29) is 16.9 Å². The van der Waals surface area contributed by atoms with E-state index in [1.807, 2.05) is 0 Å². The number of aromatic nitrogens is 2. The minimum Gasteiger partial charge on any atom is -0.505 e. The summed E-state index contributed by atoms with van der Waals surface area (Å²) in [6.45, 7) is 0. The van der Waals surface area contributed by atoms with E-state index in [2.05, 4.69) is 10.2 Å². The highest BCUT2D eigenvalue weighted by Gasteiger charge is 2.13. The Balaban J connectivity index is 2.64. The third-order valence-electron chi connectivity index (χ3n) is 2.00. The smallest absolute Gasteiger partial charge is 0.165 e. The summed E-state index contributed by atoms with van der Waals surface area (Å²) in [6, 6.07) is 1.56. The van der Waals surface area contributed by atoms with Crippen LogP contribution in [0.1, 0.15) is 0 Å². The number of nitrogens with two attached hydrogens (primary N) is 1. The second kappa shape index (κ2) is 3.23. The molecular weight excluding hydrogens is 204 g/mol. The second-order valence-corrected chi connectivity index (χ2v) is 2.98. The van der Waals surface area contributed by atoms with Crippen molar-refractivity contribution in [2.45, 2.75) is 0 Å². The van der Waals surface area contributed by atoms with Crippen molar-refractivity contribution in [1.82, 2.24) is 10.2 Å². The molecule has 1 aromatic carbocycles. The van der Waals surface area contributed by atoms with Crippen LogP contribution in [0.2, 0.25) is 0 Å². The standard InChI is InChI=1S/C9H7F2N3O/c10-6-2-8(15)7(11)1-4(6)5-3-13-14-9(5)12/h1-3,15H,(H3,12,13,14). The Hall–Kier alpha value is -2.11. The molecule has 0 saturated carbocycles. The summed E-state index contributed by atoms with van der Waals surface area (Å²) in [5.74, 6) is -2.27. The molecule has 1 heterocycles. The van der Waals surface area contributed by atoms with Crippen LogP contribution in [-0.4, -0.2) is 15.3 Å². The predicted molar refractivity (Wildman–Crippen MR) is 50.0 cm³/mol. The molecular formula is C9H7F2N3O. The molecule has 0 saturated heterocycles. The van der Waals surface area contributed by atoms with Gasteiger partial charge in [-0.05, 0) is 6.07 Å². The fourth-order valence-corrected chi connectivity index (χ4v) is 1.25. The van der Waals surface area contributed by atoms with Gasteiger partial charge in [0.25, 0.3) is 0 Å². The van der Waals surface area contributed by atoms with Gasteiger partial charge in [-0.15, -0.1) is 0 Å². The zero-order valence-corrected chi connectivity index (χ0v) is 7.46. The summed E-state index contributed by atoms with van der Waals surface area (Å²) < 4.78 is 26.3. The van der Waals surface area contributed by atoms with Crippen LogP contribution in [0.3, 0.4) is 0 Å². The van der Waals surface area contributed by atoms with E-state index in [4.69, 9.17) is 10.8 Å². The molecule has 0 bridgehead atoms. The van der Waals surface area contributed by atoms with Gasteiger partial charge >= 0.3 is 0 Å². The zero-order valence-electron chi connectivity index (χ0n) is 7.46. The SMILES string of the molecule is Nc1[nH]ncc1-c1cc(F)c(O)cc1F. The van der Waals surface area contributed by atoms with Crippen LogP contribution in [-0.2, 0) is 0 Å². The van der Waals surface area contributed by atoms with Crippen LogP contribution >= 0.6 is 0 Å². The number of nitrogens with zero attached hydrogens (tertiary/aromatic N) is 1. The molecule has 6 heteroatoms. The first-order valence-electron chi connectivity index (χ1n) is 4.07. The first kappa shape index (κ1) is 9.45. The number of anilines is 1. The van der Waals surface area contributed by atoms with Gasteiger partial charge < -0.3 is 10.8 Å². The van der Waals surface area contributed by atoms with Gasteiger partial charge in [-0.2, -0.15) is 5.10 Å². The van der Waals surface area contributed by atoms with Crippen molar-refractivity contribution in [2.75, 3.05) is 5.73 Å². The maximum atomic E-state index is 13.3. The van der Waals surface area contributed by atoms with Crippen molar-refractivity contribution in [3.63, 3.8) is 0 Å². The van der Waals surface area contributed by atoms with E-state index in [9.17, 15) is 8.78 Å². The molecule has 78 valence electrons. The van der Waals surface area contributed by atoms with Crippen molar-refractivity contribution in [3.8, 4) is 16.9 Å². The van der Waals surface area contributed by atoms with Gasteiger partial charge in [-0.25, -0.2) is 8.78 Å². The Kier molecular flexibility index (Phi) is 2.03. The van der Waals surface area contributed by atoms with Crippen LogP contribution in [0, 0.1) is 11.6 Å². The maximum Gasteiger partial charge on any atom is 0.165 e. The molecule has 2 rings (SSSR count). The minimum atomic E-state index is -0.910. The van der Waals surface area contributed by atoms with Gasteiger partial charge in [0, 0.05) is 17.2 Å². The van der Waals surface area contributed by atoms with Gasteiger partial charge in [-0.3, -0.25) is 5.10 Å². The average Bonchev–Trinajstić information content (AvgIpc) is 2.58.